The van der Waals surface area contributed by atoms with Gasteiger partial charge in [0.05, 0.1) is 0 Å². The Labute approximate surface area is 201 Å². The fourth-order valence-corrected chi connectivity index (χ4v) is 4.67. The largest absolute Gasteiger partial charge is 0.402 e. The van der Waals surface area contributed by atoms with Crippen LogP contribution < -0.4 is 5.73 Å². The number of piperidine rings is 2. The maximum Gasteiger partial charge on any atom is 0.225 e. The van der Waals surface area contributed by atoms with E-state index in [1.165, 1.54) is 18.3 Å². The van der Waals surface area contributed by atoms with Crippen molar-refractivity contribution in [2.45, 2.75) is 32.6 Å². The summed E-state index contributed by atoms with van der Waals surface area (Å²) in [7, 11) is 0. The molecule has 2 aliphatic rings. The Kier molecular flexibility index (Phi) is 9.33. The van der Waals surface area contributed by atoms with E-state index in [9.17, 15) is 14.0 Å². The summed E-state index contributed by atoms with van der Waals surface area (Å²) in [5, 5.41) is 0. The predicted molar refractivity (Wildman–Crippen MR) is 132 cm³/mol. The molecule has 1 amide bonds. The number of ketones is 1. The minimum absolute atomic E-state index is 0.0108. The number of pyridine rings is 1. The molecule has 6 nitrogen and oxygen atoms in total. The third-order valence-corrected chi connectivity index (χ3v) is 6.48. The highest BCUT2D eigenvalue weighted by molar-refractivity contribution is 5.96. The van der Waals surface area contributed by atoms with Crippen LogP contribution in [-0.4, -0.2) is 59.2 Å². The second-order valence-electron chi connectivity index (χ2n) is 9.10. The van der Waals surface area contributed by atoms with Crippen LogP contribution in [0.2, 0.25) is 0 Å². The molecule has 0 spiro atoms. The Balaban J connectivity index is 1.48. The molecule has 2 aliphatic heterocycles. The van der Waals surface area contributed by atoms with Crippen LogP contribution in [0.15, 0.2) is 66.6 Å². The van der Waals surface area contributed by atoms with E-state index in [2.05, 4.69) is 16.5 Å². The first kappa shape index (κ1) is 25.6. The van der Waals surface area contributed by atoms with E-state index in [4.69, 9.17) is 5.73 Å². The molecule has 0 aromatic carbocycles. The molecule has 0 aliphatic carbocycles. The smallest absolute Gasteiger partial charge is 0.225 e. The van der Waals surface area contributed by atoms with Crippen LogP contribution in [0.25, 0.3) is 0 Å². The number of rotatable bonds is 8. The third-order valence-electron chi connectivity index (χ3n) is 6.48. The lowest BCUT2D eigenvalue weighted by molar-refractivity contribution is -0.138. The molecule has 182 valence electrons. The number of carbonyl (C=O) groups is 2. The van der Waals surface area contributed by atoms with Crippen molar-refractivity contribution in [3.63, 3.8) is 0 Å². The molecule has 1 aromatic heterocycles. The van der Waals surface area contributed by atoms with Gasteiger partial charge in [0.2, 0.25) is 5.91 Å². The number of carbonyl (C=O) groups excluding carboxylic acids is 2. The lowest BCUT2D eigenvalue weighted by Crippen LogP contribution is -2.46. The van der Waals surface area contributed by atoms with Crippen LogP contribution in [0.4, 0.5) is 4.39 Å². The zero-order valence-corrected chi connectivity index (χ0v) is 20.0. The van der Waals surface area contributed by atoms with Gasteiger partial charge in [-0.3, -0.25) is 19.5 Å². The van der Waals surface area contributed by atoms with E-state index < -0.39 is 5.82 Å². The van der Waals surface area contributed by atoms with Gasteiger partial charge in [-0.15, -0.1) is 0 Å². The van der Waals surface area contributed by atoms with Gasteiger partial charge < -0.3 is 10.6 Å². The number of likely N-dealkylation sites (tertiary alicyclic amines) is 2. The highest BCUT2D eigenvalue weighted by atomic mass is 19.1. The van der Waals surface area contributed by atoms with Crippen molar-refractivity contribution >= 4 is 11.7 Å². The van der Waals surface area contributed by atoms with E-state index in [0.717, 1.165) is 43.7 Å². The predicted octanol–water partition coefficient (Wildman–Crippen LogP) is 3.89. The standard InChI is InChI=1S/C27H35FN4O2/c1-3-4-5-7-21(18-20(2)29)19-31-14-9-23(10-15-31)27(34)32-16-11-22(12-17-32)26(33)25-24(28)8-6-13-30-25/h3-8,13,18,22-23H,1,9-12,14-17,19,29H2,2H3/b5-4-,20-18+,21-7+. The molecule has 0 bridgehead atoms. The molecule has 1 aromatic rings. The fourth-order valence-electron chi connectivity index (χ4n) is 4.67. The van der Waals surface area contributed by atoms with Gasteiger partial charge >= 0.3 is 0 Å². The summed E-state index contributed by atoms with van der Waals surface area (Å²) < 4.78 is 13.9. The van der Waals surface area contributed by atoms with Crippen molar-refractivity contribution in [3.8, 4) is 0 Å². The number of hydrogen-bond acceptors (Lipinski definition) is 5. The van der Waals surface area contributed by atoms with Gasteiger partial charge in [-0.25, -0.2) is 4.39 Å². The van der Waals surface area contributed by atoms with Crippen molar-refractivity contribution in [2.75, 3.05) is 32.7 Å². The molecular formula is C27H35FN4O2. The molecule has 2 fully saturated rings. The van der Waals surface area contributed by atoms with Gasteiger partial charge in [0.25, 0.3) is 0 Å². The number of halogens is 1. The second kappa shape index (κ2) is 12.4. The van der Waals surface area contributed by atoms with E-state index in [0.29, 0.717) is 25.9 Å². The topological polar surface area (TPSA) is 79.5 Å². The highest BCUT2D eigenvalue weighted by Gasteiger charge is 2.33. The summed E-state index contributed by atoms with van der Waals surface area (Å²) in [6.07, 6.45) is 13.8. The van der Waals surface area contributed by atoms with Crippen molar-refractivity contribution in [1.82, 2.24) is 14.8 Å². The Morgan fingerprint density at radius 1 is 1.15 bits per heavy atom. The number of nitrogens with two attached hydrogens (primary N) is 1. The first-order valence-electron chi connectivity index (χ1n) is 12.0. The van der Waals surface area contributed by atoms with Gasteiger partial charge in [-0.2, -0.15) is 0 Å². The fraction of sp³-hybridized carbons (Fsp3) is 0.444. The molecule has 2 saturated heterocycles. The maximum atomic E-state index is 13.9. The van der Waals surface area contributed by atoms with Gasteiger partial charge in [0.15, 0.2) is 11.6 Å². The van der Waals surface area contributed by atoms with E-state index in [1.54, 1.807) is 6.08 Å². The van der Waals surface area contributed by atoms with Crippen LogP contribution in [-0.2, 0) is 4.79 Å². The summed E-state index contributed by atoms with van der Waals surface area (Å²) in [6.45, 7) is 9.12. The zero-order valence-electron chi connectivity index (χ0n) is 20.0. The van der Waals surface area contributed by atoms with Crippen molar-refractivity contribution in [3.05, 3.63) is 78.1 Å². The molecule has 34 heavy (non-hydrogen) atoms. The molecular weight excluding hydrogens is 431 g/mol. The van der Waals surface area contributed by atoms with Crippen LogP contribution >= 0.6 is 0 Å². The lowest BCUT2D eigenvalue weighted by atomic mass is 9.88. The summed E-state index contributed by atoms with van der Waals surface area (Å²) in [5.41, 5.74) is 7.67. The van der Waals surface area contributed by atoms with Crippen LogP contribution in [0, 0.1) is 17.7 Å². The lowest BCUT2D eigenvalue weighted by Gasteiger charge is -2.37. The monoisotopic (exact) mass is 466 g/mol. The minimum Gasteiger partial charge on any atom is -0.402 e. The van der Waals surface area contributed by atoms with E-state index >= 15 is 0 Å². The molecule has 0 saturated carbocycles. The van der Waals surface area contributed by atoms with Crippen molar-refractivity contribution in [2.24, 2.45) is 17.6 Å². The maximum absolute atomic E-state index is 13.9. The molecule has 3 heterocycles. The Bertz CT molecular complexity index is 965. The molecule has 0 atom stereocenters. The van der Waals surface area contributed by atoms with Crippen LogP contribution in [0.3, 0.4) is 0 Å². The average molecular weight is 467 g/mol. The van der Waals surface area contributed by atoms with Gasteiger partial charge in [0.1, 0.15) is 5.69 Å². The van der Waals surface area contributed by atoms with E-state index in [-0.39, 0.29) is 29.2 Å². The van der Waals surface area contributed by atoms with Gasteiger partial charge in [0, 0.05) is 43.4 Å². The van der Waals surface area contributed by atoms with Gasteiger partial charge in [-0.05, 0) is 69.5 Å². The third kappa shape index (κ3) is 6.97. The Morgan fingerprint density at radius 3 is 2.44 bits per heavy atom. The number of aromatic nitrogens is 1. The van der Waals surface area contributed by atoms with E-state index in [1.807, 2.05) is 36.1 Å². The Hall–Kier alpha value is -3.06. The highest BCUT2D eigenvalue weighted by Crippen LogP contribution is 2.26. The summed E-state index contributed by atoms with van der Waals surface area (Å²) >= 11 is 0. The normalized spacial score (nSPS) is 19.5. The average Bonchev–Trinajstić information content (AvgIpc) is 2.84. The summed E-state index contributed by atoms with van der Waals surface area (Å²) in [4.78, 5) is 33.9. The SMILES string of the molecule is C=C\C=C/C=C(\C=C(/C)N)CN1CCC(C(=O)N2CCC(C(=O)c3ncccc3F)CC2)CC1. The second-order valence-corrected chi connectivity index (χ2v) is 9.10. The van der Waals surface area contributed by atoms with Crippen molar-refractivity contribution < 1.29 is 14.0 Å². The number of amides is 1. The van der Waals surface area contributed by atoms with Crippen LogP contribution in [0.5, 0.6) is 0 Å². The summed E-state index contributed by atoms with van der Waals surface area (Å²) in [6, 6.07) is 2.74. The number of Topliss-reactive ketones (excluding diaryl/α,β-unsaturated/α-hetero) is 1. The van der Waals surface area contributed by atoms with Crippen molar-refractivity contribution in [1.29, 1.82) is 0 Å². The quantitative estimate of drug-likeness (QED) is 0.465. The minimum atomic E-state index is -0.579. The first-order valence-corrected chi connectivity index (χ1v) is 12.0. The first-order chi connectivity index (χ1) is 16.4. The van der Waals surface area contributed by atoms with Gasteiger partial charge in [-0.1, -0.05) is 30.9 Å². The number of nitrogens with zero attached hydrogens (tertiary/aromatic N) is 3. The number of hydrogen-bond donors (Lipinski definition) is 1. The Morgan fingerprint density at radius 2 is 1.82 bits per heavy atom. The molecule has 3 rings (SSSR count). The molecule has 0 radical (unpaired) electrons. The van der Waals surface area contributed by atoms with Crippen LogP contribution in [0.1, 0.15) is 43.1 Å². The summed E-state index contributed by atoms with van der Waals surface area (Å²) in [5.74, 6) is -0.931. The molecule has 0 unspecified atom stereocenters. The zero-order chi connectivity index (χ0) is 24.5. The number of allylic oxidation sites excluding steroid dienone is 5. The molecule has 7 heteroatoms. The molecule has 2 N–H and O–H groups in total.